The summed E-state index contributed by atoms with van der Waals surface area (Å²) in [5, 5.41) is 13.4. The molecular formula is C24H29N7O2. The minimum atomic E-state index is -0.134. The fourth-order valence-corrected chi connectivity index (χ4v) is 3.94. The van der Waals surface area contributed by atoms with Crippen molar-refractivity contribution in [2.45, 2.75) is 6.92 Å². The number of aromatic nitrogens is 3. The van der Waals surface area contributed by atoms with Gasteiger partial charge in [0.05, 0.1) is 24.8 Å². The molecule has 3 aromatic rings. The van der Waals surface area contributed by atoms with Gasteiger partial charge in [-0.25, -0.2) is 9.98 Å². The Hall–Kier alpha value is -3.72. The third kappa shape index (κ3) is 5.20. The number of carbonyl (C=O) groups excluding carboxylic acids is 1. The third-order valence-corrected chi connectivity index (χ3v) is 5.70. The van der Waals surface area contributed by atoms with Crippen molar-refractivity contribution in [2.24, 2.45) is 12.0 Å². The molecule has 4 rings (SSSR count). The molecule has 1 aliphatic heterocycles. The number of carbonyl (C=O) groups is 1. The molecule has 0 atom stereocenters. The van der Waals surface area contributed by atoms with E-state index >= 15 is 0 Å². The molecule has 0 spiro atoms. The number of aliphatic imine (C=N–C) groups is 1. The van der Waals surface area contributed by atoms with Crippen LogP contribution in [-0.4, -0.2) is 76.9 Å². The number of piperazine rings is 1. The van der Waals surface area contributed by atoms with Gasteiger partial charge in [-0.05, 0) is 30.7 Å². The van der Waals surface area contributed by atoms with Crippen LogP contribution >= 0.6 is 0 Å². The number of anilines is 2. The van der Waals surface area contributed by atoms with E-state index in [1.165, 1.54) is 16.9 Å². The number of para-hydroxylation sites is 1. The fourth-order valence-electron chi connectivity index (χ4n) is 3.94. The van der Waals surface area contributed by atoms with Gasteiger partial charge < -0.3 is 19.8 Å². The number of nitrogens with zero attached hydrogens (tertiary/aromatic N) is 7. The highest BCUT2D eigenvalue weighted by Gasteiger charge is 2.21. The lowest BCUT2D eigenvalue weighted by atomic mass is 10.1. The Kier molecular flexibility index (Phi) is 6.99. The van der Waals surface area contributed by atoms with Gasteiger partial charge in [-0.15, -0.1) is 0 Å². The van der Waals surface area contributed by atoms with Crippen LogP contribution in [0.25, 0.3) is 11.3 Å². The van der Waals surface area contributed by atoms with Gasteiger partial charge in [0.15, 0.2) is 0 Å². The van der Waals surface area contributed by atoms with E-state index < -0.39 is 0 Å². The van der Waals surface area contributed by atoms with Crippen molar-refractivity contribution in [2.75, 3.05) is 49.1 Å². The van der Waals surface area contributed by atoms with Crippen LogP contribution in [-0.2, 0) is 11.8 Å². The number of benzene rings is 1. The minimum Gasteiger partial charge on any atom is -0.395 e. The molecule has 0 saturated carbocycles. The van der Waals surface area contributed by atoms with E-state index in [1.54, 1.807) is 10.9 Å². The first-order valence-corrected chi connectivity index (χ1v) is 11.0. The molecule has 1 fully saturated rings. The van der Waals surface area contributed by atoms with Crippen molar-refractivity contribution >= 4 is 29.9 Å². The highest BCUT2D eigenvalue weighted by molar-refractivity contribution is 5.81. The lowest BCUT2D eigenvalue weighted by Crippen LogP contribution is -2.46. The first-order chi connectivity index (χ1) is 16.1. The van der Waals surface area contributed by atoms with Crippen LogP contribution < -0.4 is 9.80 Å². The van der Waals surface area contributed by atoms with E-state index in [-0.39, 0.29) is 13.2 Å². The molecule has 0 unspecified atom stereocenters. The highest BCUT2D eigenvalue weighted by atomic mass is 16.3. The van der Waals surface area contributed by atoms with Gasteiger partial charge in [-0.3, -0.25) is 9.48 Å². The van der Waals surface area contributed by atoms with Crippen molar-refractivity contribution in [3.8, 4) is 11.3 Å². The van der Waals surface area contributed by atoms with E-state index in [1.807, 2.05) is 32.3 Å². The summed E-state index contributed by atoms with van der Waals surface area (Å²) < 4.78 is 1.73. The Bertz CT molecular complexity index is 1110. The van der Waals surface area contributed by atoms with Gasteiger partial charge in [-0.2, -0.15) is 5.10 Å². The Morgan fingerprint density at radius 1 is 1.15 bits per heavy atom. The molecule has 1 aromatic carbocycles. The van der Waals surface area contributed by atoms with E-state index in [9.17, 15) is 4.79 Å². The molecule has 33 heavy (non-hydrogen) atoms. The first kappa shape index (κ1) is 22.5. The molecule has 0 bridgehead atoms. The molecule has 172 valence electrons. The number of hydrogen-bond acceptors (Lipinski definition) is 7. The predicted molar refractivity (Wildman–Crippen MR) is 130 cm³/mol. The van der Waals surface area contributed by atoms with Gasteiger partial charge in [0.1, 0.15) is 11.5 Å². The summed E-state index contributed by atoms with van der Waals surface area (Å²) in [6, 6.07) is 12.5. The summed E-state index contributed by atoms with van der Waals surface area (Å²) in [5.41, 5.74) is 4.45. The number of pyridine rings is 1. The lowest BCUT2D eigenvalue weighted by Gasteiger charge is -2.37. The summed E-state index contributed by atoms with van der Waals surface area (Å²) in [6.45, 7) is 5.62. The standard InChI is InChI=1S/C24H29N7O2/c1-19-14-22(31-10-8-30(9-11-31)21-6-4-3-5-7-21)27-24(20-15-26-28(2)16-20)23(19)25-17-29(18-33)12-13-32/h3-7,14-18,32H,8-13H2,1-2H3. The smallest absolute Gasteiger partial charge is 0.214 e. The molecule has 2 aromatic heterocycles. The Morgan fingerprint density at radius 3 is 2.52 bits per heavy atom. The molecule has 0 aliphatic carbocycles. The molecule has 9 nitrogen and oxygen atoms in total. The topological polar surface area (TPSA) is 90.1 Å². The van der Waals surface area contributed by atoms with Gasteiger partial charge >= 0.3 is 0 Å². The largest absolute Gasteiger partial charge is 0.395 e. The summed E-state index contributed by atoms with van der Waals surface area (Å²) in [6.07, 6.45) is 5.75. The number of aryl methyl sites for hydroxylation is 2. The third-order valence-electron chi connectivity index (χ3n) is 5.70. The van der Waals surface area contributed by atoms with Crippen molar-refractivity contribution < 1.29 is 9.90 Å². The molecule has 1 aliphatic rings. The van der Waals surface area contributed by atoms with E-state index in [2.05, 4.69) is 44.2 Å². The Balaban J connectivity index is 1.62. The summed E-state index contributed by atoms with van der Waals surface area (Å²) in [7, 11) is 1.86. The lowest BCUT2D eigenvalue weighted by molar-refractivity contribution is -0.114. The predicted octanol–water partition coefficient (Wildman–Crippen LogP) is 2.23. The number of rotatable bonds is 8. The van der Waals surface area contributed by atoms with Gasteiger partial charge in [0.25, 0.3) is 0 Å². The first-order valence-electron chi connectivity index (χ1n) is 11.0. The summed E-state index contributed by atoms with van der Waals surface area (Å²) in [4.78, 5) is 26.7. The number of aliphatic hydroxyl groups excluding tert-OH is 1. The van der Waals surface area contributed by atoms with Crippen molar-refractivity contribution in [1.82, 2.24) is 19.7 Å². The maximum atomic E-state index is 11.2. The van der Waals surface area contributed by atoms with Crippen LogP contribution in [0.1, 0.15) is 5.56 Å². The normalized spacial score (nSPS) is 14.2. The second kappa shape index (κ2) is 10.3. The average molecular weight is 448 g/mol. The molecule has 9 heteroatoms. The van der Waals surface area contributed by atoms with E-state index in [0.717, 1.165) is 48.8 Å². The van der Waals surface area contributed by atoms with Crippen LogP contribution in [0.15, 0.2) is 53.8 Å². The van der Waals surface area contributed by atoms with Crippen LogP contribution in [0.3, 0.4) is 0 Å². The average Bonchev–Trinajstić information content (AvgIpc) is 3.28. The monoisotopic (exact) mass is 447 g/mol. The second-order valence-electron chi connectivity index (χ2n) is 8.02. The quantitative estimate of drug-likeness (QED) is 0.324. The molecular weight excluding hydrogens is 418 g/mol. The maximum absolute atomic E-state index is 11.2. The van der Waals surface area contributed by atoms with Gasteiger partial charge in [0.2, 0.25) is 6.41 Å². The van der Waals surface area contributed by atoms with Gasteiger partial charge in [-0.1, -0.05) is 18.2 Å². The molecule has 1 N–H and O–H groups in total. The number of amides is 1. The fraction of sp³-hybridized carbons (Fsp3) is 0.333. The van der Waals surface area contributed by atoms with Gasteiger partial charge in [0, 0.05) is 57.2 Å². The Morgan fingerprint density at radius 2 is 1.88 bits per heavy atom. The van der Waals surface area contributed by atoms with Crippen LogP contribution in [0.5, 0.6) is 0 Å². The summed E-state index contributed by atoms with van der Waals surface area (Å²) >= 11 is 0. The van der Waals surface area contributed by atoms with Crippen LogP contribution in [0.4, 0.5) is 17.2 Å². The van der Waals surface area contributed by atoms with Crippen LogP contribution in [0, 0.1) is 6.92 Å². The number of hydrogen-bond donors (Lipinski definition) is 1. The number of aliphatic hydroxyl groups is 1. The molecule has 0 radical (unpaired) electrons. The zero-order valence-electron chi connectivity index (χ0n) is 19.0. The van der Waals surface area contributed by atoms with Crippen molar-refractivity contribution in [3.05, 3.63) is 54.4 Å². The zero-order valence-corrected chi connectivity index (χ0v) is 19.0. The van der Waals surface area contributed by atoms with Crippen LogP contribution in [0.2, 0.25) is 0 Å². The SMILES string of the molecule is Cc1cc(N2CCN(c3ccccc3)CC2)nc(-c2cnn(C)c2)c1N=CN(C=O)CCO. The maximum Gasteiger partial charge on any atom is 0.214 e. The highest BCUT2D eigenvalue weighted by Crippen LogP contribution is 2.34. The van der Waals surface area contributed by atoms with E-state index in [4.69, 9.17) is 10.1 Å². The molecule has 1 saturated heterocycles. The second-order valence-corrected chi connectivity index (χ2v) is 8.02. The Labute approximate surface area is 193 Å². The van der Waals surface area contributed by atoms with Crippen molar-refractivity contribution in [1.29, 1.82) is 0 Å². The summed E-state index contributed by atoms with van der Waals surface area (Å²) in [5.74, 6) is 0.903. The molecule has 3 heterocycles. The zero-order chi connectivity index (χ0) is 23.2. The van der Waals surface area contributed by atoms with E-state index in [0.29, 0.717) is 12.1 Å². The minimum absolute atomic E-state index is 0.134. The molecule has 1 amide bonds. The van der Waals surface area contributed by atoms with Crippen molar-refractivity contribution in [3.63, 3.8) is 0 Å².